The van der Waals surface area contributed by atoms with Crippen molar-refractivity contribution < 1.29 is 17.9 Å². The number of hydrogen-bond acceptors (Lipinski definition) is 6. The molecule has 1 atom stereocenters. The van der Waals surface area contributed by atoms with Crippen LogP contribution in [0.4, 0.5) is 24.7 Å². The first-order chi connectivity index (χ1) is 17.7. The molecule has 5 rings (SSSR count). The van der Waals surface area contributed by atoms with Crippen molar-refractivity contribution in [1.29, 1.82) is 16.1 Å². The summed E-state index contributed by atoms with van der Waals surface area (Å²) in [5.74, 6) is 0.462. The van der Waals surface area contributed by atoms with Crippen molar-refractivity contribution in [2.24, 2.45) is 0 Å². The molecule has 1 aliphatic rings. The topological polar surface area (TPSA) is 102 Å². The standard InChI is InChI=1S/C27H21F3N6O/c1-35(24-22-10-5-17(15-31)13-23(22)36(16-32)25(33)34-24)21-4-2-3-19(14-21)18-6-8-20(9-7-18)26(11-12-37-26)27(28,29)30/h2-10,13-14,16,32-33H,11-12H2,1H3. The number of fused-ring (bicyclic) bond motifs is 1. The van der Waals surface area contributed by atoms with E-state index < -0.39 is 11.8 Å². The molecule has 2 N–H and O–H groups in total. The van der Waals surface area contributed by atoms with E-state index >= 15 is 0 Å². The summed E-state index contributed by atoms with van der Waals surface area (Å²) in [6, 6.07) is 20.7. The van der Waals surface area contributed by atoms with Gasteiger partial charge in [0.05, 0.1) is 30.1 Å². The average molecular weight is 503 g/mol. The predicted octanol–water partition coefficient (Wildman–Crippen LogP) is 5.46. The molecular weight excluding hydrogens is 481 g/mol. The molecule has 4 aromatic rings. The quantitative estimate of drug-likeness (QED) is 0.280. The van der Waals surface area contributed by atoms with Gasteiger partial charge in [0.15, 0.2) is 5.60 Å². The number of halogens is 3. The molecule has 0 aliphatic carbocycles. The first-order valence-corrected chi connectivity index (χ1v) is 11.4. The van der Waals surface area contributed by atoms with Gasteiger partial charge in [0.2, 0.25) is 5.62 Å². The van der Waals surface area contributed by atoms with Gasteiger partial charge >= 0.3 is 6.18 Å². The van der Waals surface area contributed by atoms with Crippen molar-refractivity contribution in [2.45, 2.75) is 18.2 Å². The third-order valence-corrected chi connectivity index (χ3v) is 6.69. The molecule has 0 saturated carbocycles. The number of nitriles is 1. The molecule has 10 heteroatoms. The molecule has 1 aliphatic heterocycles. The maximum Gasteiger partial charge on any atom is 0.421 e. The second-order valence-electron chi connectivity index (χ2n) is 8.71. The van der Waals surface area contributed by atoms with Crippen molar-refractivity contribution in [3.63, 3.8) is 0 Å². The molecule has 0 spiro atoms. The zero-order valence-corrected chi connectivity index (χ0v) is 19.7. The van der Waals surface area contributed by atoms with Crippen LogP contribution in [0.2, 0.25) is 0 Å². The van der Waals surface area contributed by atoms with Crippen LogP contribution < -0.4 is 10.5 Å². The summed E-state index contributed by atoms with van der Waals surface area (Å²) in [6.45, 7) is 0.0789. The van der Waals surface area contributed by atoms with Crippen molar-refractivity contribution in [3.8, 4) is 17.2 Å². The van der Waals surface area contributed by atoms with E-state index in [2.05, 4.69) is 11.1 Å². The molecule has 1 unspecified atom stereocenters. The highest BCUT2D eigenvalue weighted by molar-refractivity contribution is 5.95. The summed E-state index contributed by atoms with van der Waals surface area (Å²) in [6.07, 6.45) is -3.61. The number of nitrogens with one attached hydrogen (secondary N) is 2. The summed E-state index contributed by atoms with van der Waals surface area (Å²) in [7, 11) is 1.79. The number of rotatable bonds is 5. The van der Waals surface area contributed by atoms with Crippen LogP contribution in [0.3, 0.4) is 0 Å². The smallest absolute Gasteiger partial charge is 0.361 e. The zero-order valence-electron chi connectivity index (χ0n) is 19.7. The van der Waals surface area contributed by atoms with Crippen LogP contribution in [0.5, 0.6) is 0 Å². The number of nitrogens with zero attached hydrogens (tertiary/aromatic N) is 4. The lowest BCUT2D eigenvalue weighted by molar-refractivity contribution is -0.333. The third kappa shape index (κ3) is 3.93. The van der Waals surface area contributed by atoms with Gasteiger partial charge < -0.3 is 9.64 Å². The van der Waals surface area contributed by atoms with E-state index in [0.29, 0.717) is 22.3 Å². The molecule has 3 aromatic carbocycles. The lowest BCUT2D eigenvalue weighted by atomic mass is 9.85. The molecule has 186 valence electrons. The molecule has 1 saturated heterocycles. The van der Waals surface area contributed by atoms with Gasteiger partial charge in [0, 0.05) is 24.5 Å². The SMILES string of the molecule is CN(c1cccc(-c2ccc(C3(C(F)(F)F)CCO3)cc2)c1)c1nc(=N)n(C=N)c2cc(C#N)ccc12. The van der Waals surface area contributed by atoms with E-state index in [-0.39, 0.29) is 24.2 Å². The Balaban J connectivity index is 1.53. The molecule has 0 radical (unpaired) electrons. The maximum absolute atomic E-state index is 13.6. The lowest BCUT2D eigenvalue weighted by Gasteiger charge is -2.43. The summed E-state index contributed by atoms with van der Waals surface area (Å²) in [5, 5.41) is 25.9. The Morgan fingerprint density at radius 2 is 1.84 bits per heavy atom. The largest absolute Gasteiger partial charge is 0.421 e. The van der Waals surface area contributed by atoms with E-state index in [1.807, 2.05) is 24.3 Å². The number of anilines is 2. The fourth-order valence-electron chi connectivity index (χ4n) is 4.57. The van der Waals surface area contributed by atoms with E-state index in [9.17, 15) is 18.4 Å². The van der Waals surface area contributed by atoms with E-state index in [0.717, 1.165) is 23.2 Å². The van der Waals surface area contributed by atoms with Crippen LogP contribution in [0, 0.1) is 22.1 Å². The lowest BCUT2D eigenvalue weighted by Crippen LogP contribution is -2.52. The van der Waals surface area contributed by atoms with Gasteiger partial charge in [-0.05, 0) is 47.0 Å². The van der Waals surface area contributed by atoms with Crippen LogP contribution in [0.15, 0.2) is 66.7 Å². The van der Waals surface area contributed by atoms with E-state index in [1.165, 1.54) is 16.7 Å². The predicted molar refractivity (Wildman–Crippen MR) is 133 cm³/mol. The van der Waals surface area contributed by atoms with Gasteiger partial charge in [-0.25, -0.2) is 0 Å². The zero-order chi connectivity index (χ0) is 26.4. The van der Waals surface area contributed by atoms with Gasteiger partial charge in [-0.3, -0.25) is 15.4 Å². The summed E-state index contributed by atoms with van der Waals surface area (Å²) < 4.78 is 47.1. The number of alkyl halides is 3. The van der Waals surface area contributed by atoms with Crippen LogP contribution in [-0.2, 0) is 10.3 Å². The Morgan fingerprint density at radius 1 is 1.11 bits per heavy atom. The Morgan fingerprint density at radius 3 is 2.43 bits per heavy atom. The van der Waals surface area contributed by atoms with Crippen LogP contribution >= 0.6 is 0 Å². The van der Waals surface area contributed by atoms with Crippen molar-refractivity contribution in [1.82, 2.24) is 9.55 Å². The molecule has 0 bridgehead atoms. The Labute approximate surface area is 210 Å². The minimum absolute atomic E-state index is 0.0789. The summed E-state index contributed by atoms with van der Waals surface area (Å²) >= 11 is 0. The monoisotopic (exact) mass is 502 g/mol. The summed E-state index contributed by atoms with van der Waals surface area (Å²) in [5.41, 5.74) is 0.848. The Bertz CT molecular complexity index is 1610. The normalized spacial score (nSPS) is 17.2. The minimum atomic E-state index is -4.48. The molecule has 1 aromatic heterocycles. The van der Waals surface area contributed by atoms with Crippen molar-refractivity contribution in [3.05, 3.63) is 83.5 Å². The maximum atomic E-state index is 13.6. The average Bonchev–Trinajstić information content (AvgIpc) is 2.86. The molecular formula is C27H21F3N6O. The molecule has 1 fully saturated rings. The minimum Gasteiger partial charge on any atom is -0.361 e. The van der Waals surface area contributed by atoms with Crippen LogP contribution in [0.1, 0.15) is 17.5 Å². The van der Waals surface area contributed by atoms with Gasteiger partial charge in [0.25, 0.3) is 0 Å². The highest BCUT2D eigenvalue weighted by atomic mass is 19.4. The van der Waals surface area contributed by atoms with Gasteiger partial charge in [0.1, 0.15) is 5.82 Å². The Hall–Kier alpha value is -4.49. The molecule has 37 heavy (non-hydrogen) atoms. The highest BCUT2D eigenvalue weighted by Crippen LogP contribution is 2.50. The second-order valence-corrected chi connectivity index (χ2v) is 8.71. The number of ether oxygens (including phenoxy) is 1. The fourth-order valence-corrected chi connectivity index (χ4v) is 4.57. The first-order valence-electron chi connectivity index (χ1n) is 11.4. The number of benzene rings is 3. The van der Waals surface area contributed by atoms with Gasteiger partial charge in [-0.2, -0.15) is 23.4 Å². The fraction of sp³-hybridized carbons (Fsp3) is 0.185. The first kappa shape index (κ1) is 24.2. The summed E-state index contributed by atoms with van der Waals surface area (Å²) in [4.78, 5) is 6.18. The van der Waals surface area contributed by atoms with Gasteiger partial charge in [-0.1, -0.05) is 36.4 Å². The van der Waals surface area contributed by atoms with Crippen LogP contribution in [-0.4, -0.2) is 35.7 Å². The Kier molecular flexibility index (Phi) is 5.80. The van der Waals surface area contributed by atoms with Crippen LogP contribution in [0.25, 0.3) is 22.0 Å². The third-order valence-electron chi connectivity index (χ3n) is 6.69. The highest BCUT2D eigenvalue weighted by Gasteiger charge is 2.61. The van der Waals surface area contributed by atoms with Crippen molar-refractivity contribution >= 4 is 28.7 Å². The van der Waals surface area contributed by atoms with Crippen molar-refractivity contribution in [2.75, 3.05) is 18.6 Å². The number of hydrogen-bond donors (Lipinski definition) is 2. The molecule has 7 nitrogen and oxygen atoms in total. The van der Waals surface area contributed by atoms with Gasteiger partial charge in [-0.15, -0.1) is 0 Å². The molecule has 0 amide bonds. The van der Waals surface area contributed by atoms with E-state index in [4.69, 9.17) is 15.6 Å². The molecule has 2 heterocycles. The van der Waals surface area contributed by atoms with E-state index in [1.54, 1.807) is 42.3 Å². The number of aromatic nitrogens is 2. The second kappa shape index (κ2) is 8.87.